The van der Waals surface area contributed by atoms with Gasteiger partial charge in [-0.05, 0) is 12.8 Å². The number of nitrogens with zero attached hydrogens (tertiary/aromatic N) is 2. The molecular formula is C17H24N6O7. The van der Waals surface area contributed by atoms with Gasteiger partial charge in [0.2, 0.25) is 17.7 Å². The summed E-state index contributed by atoms with van der Waals surface area (Å²) in [6, 6.07) is -3.35. The molecule has 1 fully saturated rings. The minimum atomic E-state index is -1.27. The molecule has 0 saturated carbocycles. The summed E-state index contributed by atoms with van der Waals surface area (Å²) >= 11 is 0. The van der Waals surface area contributed by atoms with Crippen LogP contribution in [0.2, 0.25) is 0 Å². The highest BCUT2D eigenvalue weighted by atomic mass is 16.4. The van der Waals surface area contributed by atoms with Crippen molar-refractivity contribution in [1.29, 1.82) is 0 Å². The van der Waals surface area contributed by atoms with Gasteiger partial charge in [-0.15, -0.1) is 0 Å². The van der Waals surface area contributed by atoms with Crippen molar-refractivity contribution in [2.24, 2.45) is 5.73 Å². The molecule has 13 heteroatoms. The molecule has 1 aliphatic rings. The number of hydrogen-bond donors (Lipinski definition) is 6. The van der Waals surface area contributed by atoms with E-state index in [0.29, 0.717) is 18.5 Å². The summed E-state index contributed by atoms with van der Waals surface area (Å²) in [7, 11) is 0. The maximum absolute atomic E-state index is 12.4. The van der Waals surface area contributed by atoms with Crippen molar-refractivity contribution in [3.63, 3.8) is 0 Å². The van der Waals surface area contributed by atoms with Gasteiger partial charge in [-0.25, -0.2) is 9.78 Å². The van der Waals surface area contributed by atoms with Gasteiger partial charge >= 0.3 is 11.9 Å². The van der Waals surface area contributed by atoms with Crippen LogP contribution in [0.4, 0.5) is 0 Å². The molecule has 1 aromatic rings. The topological polar surface area (TPSA) is 208 Å². The van der Waals surface area contributed by atoms with Gasteiger partial charge in [0.05, 0.1) is 25.3 Å². The summed E-state index contributed by atoms with van der Waals surface area (Å²) in [6.07, 6.45) is 3.12. The predicted octanol–water partition coefficient (Wildman–Crippen LogP) is -2.57. The van der Waals surface area contributed by atoms with Crippen LogP contribution in [-0.4, -0.2) is 86.0 Å². The molecule has 1 saturated heterocycles. The van der Waals surface area contributed by atoms with Crippen molar-refractivity contribution < 1.29 is 34.2 Å². The quantitative estimate of drug-likeness (QED) is 0.233. The second kappa shape index (κ2) is 10.3. The maximum Gasteiger partial charge on any atom is 0.326 e. The Hall–Kier alpha value is -3.48. The van der Waals surface area contributed by atoms with E-state index >= 15 is 0 Å². The minimum Gasteiger partial charge on any atom is -0.481 e. The zero-order valence-electron chi connectivity index (χ0n) is 16.0. The molecule has 0 spiro atoms. The lowest BCUT2D eigenvalue weighted by atomic mass is 10.1. The van der Waals surface area contributed by atoms with E-state index < -0.39 is 60.8 Å². The van der Waals surface area contributed by atoms with Crippen LogP contribution < -0.4 is 16.4 Å². The minimum absolute atomic E-state index is 0.0125. The highest BCUT2D eigenvalue weighted by Gasteiger charge is 2.36. The first-order chi connectivity index (χ1) is 14.2. The fourth-order valence-electron chi connectivity index (χ4n) is 3.14. The molecule has 0 bridgehead atoms. The molecule has 1 aliphatic heterocycles. The van der Waals surface area contributed by atoms with Gasteiger partial charge in [0.15, 0.2) is 0 Å². The highest BCUT2D eigenvalue weighted by Crippen LogP contribution is 2.18. The van der Waals surface area contributed by atoms with Crippen LogP contribution in [0.5, 0.6) is 0 Å². The molecule has 30 heavy (non-hydrogen) atoms. The Morgan fingerprint density at radius 3 is 2.63 bits per heavy atom. The number of imidazole rings is 1. The second-order valence-electron chi connectivity index (χ2n) is 6.85. The lowest BCUT2D eigenvalue weighted by Crippen LogP contribution is -2.53. The van der Waals surface area contributed by atoms with Crippen LogP contribution in [0, 0.1) is 0 Å². The number of nitrogens with two attached hydrogens (primary N) is 1. The van der Waals surface area contributed by atoms with Crippen molar-refractivity contribution in [2.75, 3.05) is 13.1 Å². The van der Waals surface area contributed by atoms with Crippen molar-refractivity contribution >= 4 is 29.7 Å². The van der Waals surface area contributed by atoms with Gasteiger partial charge < -0.3 is 36.5 Å². The van der Waals surface area contributed by atoms with Gasteiger partial charge in [-0.2, -0.15) is 0 Å². The summed E-state index contributed by atoms with van der Waals surface area (Å²) in [5.41, 5.74) is 6.11. The first-order valence-electron chi connectivity index (χ1n) is 9.24. The lowest BCUT2D eigenvalue weighted by Gasteiger charge is -2.26. The number of rotatable bonds is 10. The Morgan fingerprint density at radius 1 is 1.30 bits per heavy atom. The van der Waals surface area contributed by atoms with Crippen molar-refractivity contribution in [3.05, 3.63) is 18.2 Å². The monoisotopic (exact) mass is 424 g/mol. The van der Waals surface area contributed by atoms with E-state index in [4.69, 9.17) is 10.8 Å². The fraction of sp³-hybridized carbons (Fsp3) is 0.529. The first kappa shape index (κ1) is 22.8. The Balaban J connectivity index is 1.87. The average Bonchev–Trinajstić information content (AvgIpc) is 3.36. The molecule has 2 rings (SSSR count). The number of aliphatic carboxylic acids is 2. The smallest absolute Gasteiger partial charge is 0.326 e. The molecule has 0 aromatic carbocycles. The third-order valence-corrected chi connectivity index (χ3v) is 4.59. The maximum atomic E-state index is 12.4. The first-order valence-corrected chi connectivity index (χ1v) is 9.24. The number of carboxylic acid groups (broad SMARTS) is 2. The summed E-state index contributed by atoms with van der Waals surface area (Å²) in [5, 5.41) is 22.7. The Bertz CT molecular complexity index is 797. The number of nitrogens with one attached hydrogen (secondary N) is 3. The van der Waals surface area contributed by atoms with Crippen LogP contribution in [0.15, 0.2) is 12.5 Å². The summed E-state index contributed by atoms with van der Waals surface area (Å²) < 4.78 is 0. The van der Waals surface area contributed by atoms with Gasteiger partial charge in [-0.1, -0.05) is 0 Å². The zero-order valence-corrected chi connectivity index (χ0v) is 16.0. The van der Waals surface area contributed by atoms with E-state index in [1.165, 1.54) is 17.4 Å². The summed E-state index contributed by atoms with van der Waals surface area (Å²) in [6.45, 7) is -0.229. The Kier molecular flexibility index (Phi) is 7.86. The number of likely N-dealkylation sites (tertiary alicyclic amines) is 1. The van der Waals surface area contributed by atoms with Crippen LogP contribution >= 0.6 is 0 Å². The van der Waals surface area contributed by atoms with E-state index in [1.54, 1.807) is 0 Å². The standard InChI is InChI=1S/C17H24N6O7/c18-10(5-14(25)26)16(28)23-3-1-2-12(23)15(27)20-7-13(24)22-11(17(29)30)4-9-6-19-8-21-9/h6,8,10-12H,1-5,7,18H2,(H,19,21)(H,20,27)(H,22,24)(H,25,26)(H,29,30). The number of carbonyl (C=O) groups is 5. The third kappa shape index (κ3) is 6.27. The number of amides is 3. The molecule has 1 aromatic heterocycles. The third-order valence-electron chi connectivity index (χ3n) is 4.59. The molecule has 3 unspecified atom stereocenters. The molecule has 3 amide bonds. The molecule has 0 radical (unpaired) electrons. The zero-order chi connectivity index (χ0) is 22.3. The normalized spacial score (nSPS) is 17.8. The molecule has 0 aliphatic carbocycles. The number of aromatic nitrogens is 2. The van der Waals surface area contributed by atoms with Crippen LogP contribution in [0.1, 0.15) is 25.0 Å². The largest absolute Gasteiger partial charge is 0.481 e. The van der Waals surface area contributed by atoms with E-state index in [0.717, 1.165) is 0 Å². The van der Waals surface area contributed by atoms with Gasteiger partial charge in [-0.3, -0.25) is 19.2 Å². The number of carbonyl (C=O) groups excluding carboxylic acids is 3. The average molecular weight is 424 g/mol. The van der Waals surface area contributed by atoms with Gasteiger partial charge in [0.1, 0.15) is 12.1 Å². The van der Waals surface area contributed by atoms with Crippen molar-refractivity contribution in [3.8, 4) is 0 Å². The Labute approximate surface area is 171 Å². The highest BCUT2D eigenvalue weighted by molar-refractivity contribution is 5.94. The molecule has 2 heterocycles. The second-order valence-corrected chi connectivity index (χ2v) is 6.85. The number of aromatic amines is 1. The van der Waals surface area contributed by atoms with Crippen LogP contribution in [-0.2, 0) is 30.4 Å². The fourth-order valence-corrected chi connectivity index (χ4v) is 3.14. The van der Waals surface area contributed by atoms with Crippen molar-refractivity contribution in [1.82, 2.24) is 25.5 Å². The van der Waals surface area contributed by atoms with E-state index in [2.05, 4.69) is 20.6 Å². The SMILES string of the molecule is NC(CC(=O)O)C(=O)N1CCCC1C(=O)NCC(=O)NC(Cc1cnc[nH]1)C(=O)O. The Morgan fingerprint density at radius 2 is 2.03 bits per heavy atom. The molecule has 164 valence electrons. The van der Waals surface area contributed by atoms with Gasteiger partial charge in [0.25, 0.3) is 0 Å². The lowest BCUT2D eigenvalue weighted by molar-refractivity contribution is -0.144. The number of hydrogen-bond acceptors (Lipinski definition) is 7. The molecule has 3 atom stereocenters. The van der Waals surface area contributed by atoms with E-state index in [1.807, 2.05) is 0 Å². The number of H-pyrrole nitrogens is 1. The van der Waals surface area contributed by atoms with Gasteiger partial charge in [0, 0.05) is 24.9 Å². The van der Waals surface area contributed by atoms with E-state index in [9.17, 15) is 29.1 Å². The molecular weight excluding hydrogens is 400 g/mol. The summed E-state index contributed by atoms with van der Waals surface area (Å²) in [5.74, 6) is -4.43. The molecule has 7 N–H and O–H groups in total. The van der Waals surface area contributed by atoms with Crippen LogP contribution in [0.3, 0.4) is 0 Å². The molecule has 13 nitrogen and oxygen atoms in total. The van der Waals surface area contributed by atoms with E-state index in [-0.39, 0.29) is 13.0 Å². The van der Waals surface area contributed by atoms with Crippen LogP contribution in [0.25, 0.3) is 0 Å². The summed E-state index contributed by atoms with van der Waals surface area (Å²) in [4.78, 5) is 66.6. The number of carboxylic acids is 2. The van der Waals surface area contributed by atoms with Crippen molar-refractivity contribution in [2.45, 2.75) is 43.8 Å². The predicted molar refractivity (Wildman–Crippen MR) is 99.8 cm³/mol.